The van der Waals surface area contributed by atoms with E-state index < -0.39 is 0 Å². The predicted octanol–water partition coefficient (Wildman–Crippen LogP) is 5.52. The molecule has 2 aromatic carbocycles. The largest absolute Gasteiger partial charge is 0.469 e. The van der Waals surface area contributed by atoms with Crippen LogP contribution in [0.25, 0.3) is 22.4 Å². The van der Waals surface area contributed by atoms with Gasteiger partial charge in [-0.15, -0.1) is 0 Å². The first kappa shape index (κ1) is 22.0. The summed E-state index contributed by atoms with van der Waals surface area (Å²) < 4.78 is 4.85. The van der Waals surface area contributed by atoms with Gasteiger partial charge in [0.15, 0.2) is 0 Å². The molecule has 1 saturated heterocycles. The van der Waals surface area contributed by atoms with Crippen molar-refractivity contribution in [1.29, 1.82) is 0 Å². The van der Waals surface area contributed by atoms with Crippen LogP contribution in [0.5, 0.6) is 0 Å². The van der Waals surface area contributed by atoms with Crippen LogP contribution in [0.2, 0.25) is 0 Å². The van der Waals surface area contributed by atoms with E-state index in [4.69, 9.17) is 9.72 Å². The van der Waals surface area contributed by atoms with Gasteiger partial charge in [0.25, 0.3) is 0 Å². The molecule has 0 radical (unpaired) electrons. The van der Waals surface area contributed by atoms with E-state index in [0.29, 0.717) is 12.8 Å². The highest BCUT2D eigenvalue weighted by molar-refractivity contribution is 5.89. The molecule has 1 fully saturated rings. The van der Waals surface area contributed by atoms with Gasteiger partial charge >= 0.3 is 5.97 Å². The zero-order valence-corrected chi connectivity index (χ0v) is 19.2. The summed E-state index contributed by atoms with van der Waals surface area (Å²) in [6.45, 7) is 6.55. The molecule has 0 spiro atoms. The Kier molecular flexibility index (Phi) is 6.84. The molecule has 0 atom stereocenters. The monoisotopic (exact) mass is 429 g/mol. The van der Waals surface area contributed by atoms with Gasteiger partial charge in [0.05, 0.1) is 12.8 Å². The van der Waals surface area contributed by atoms with Crippen LogP contribution in [-0.2, 0) is 16.0 Å². The third kappa shape index (κ3) is 4.52. The number of carbonyl (C=O) groups excluding carboxylic acids is 1. The maximum absolute atomic E-state index is 11.8. The number of methoxy groups -OCH3 is 1. The predicted molar refractivity (Wildman–Crippen MR) is 129 cm³/mol. The summed E-state index contributed by atoms with van der Waals surface area (Å²) in [7, 11) is 1.43. The zero-order chi connectivity index (χ0) is 22.5. The van der Waals surface area contributed by atoms with E-state index in [1.807, 2.05) is 18.3 Å². The Labute approximate surface area is 190 Å². The maximum atomic E-state index is 11.8. The van der Waals surface area contributed by atoms with Crippen molar-refractivity contribution in [1.82, 2.24) is 9.97 Å². The molecule has 0 saturated carbocycles. The van der Waals surface area contributed by atoms with E-state index in [1.54, 1.807) is 6.33 Å². The van der Waals surface area contributed by atoms with Gasteiger partial charge in [-0.1, -0.05) is 36.4 Å². The average molecular weight is 430 g/mol. The molecule has 1 aliphatic rings. The molecule has 0 bridgehead atoms. The fraction of sp³-hybridized carbons (Fsp3) is 0.370. The summed E-state index contributed by atoms with van der Waals surface area (Å²) in [5.74, 6) is -0.203. The molecular formula is C27H31N3O2. The van der Waals surface area contributed by atoms with Gasteiger partial charge < -0.3 is 9.64 Å². The third-order valence-electron chi connectivity index (χ3n) is 6.48. The van der Waals surface area contributed by atoms with Crippen molar-refractivity contribution in [3.05, 3.63) is 65.6 Å². The number of aryl methyl sites for hydroxylation is 2. The van der Waals surface area contributed by atoms with E-state index in [9.17, 15) is 4.79 Å². The van der Waals surface area contributed by atoms with Crippen LogP contribution in [0.1, 0.15) is 42.4 Å². The van der Waals surface area contributed by atoms with Crippen molar-refractivity contribution in [3.8, 4) is 22.4 Å². The first-order valence-corrected chi connectivity index (χ1v) is 11.4. The number of rotatable bonds is 6. The van der Waals surface area contributed by atoms with E-state index in [0.717, 1.165) is 41.0 Å². The lowest BCUT2D eigenvalue weighted by Crippen LogP contribution is -2.30. The minimum atomic E-state index is -0.203. The molecule has 0 unspecified atom stereocenters. The quantitative estimate of drug-likeness (QED) is 0.483. The second kappa shape index (κ2) is 9.94. The molecule has 166 valence electrons. The molecule has 0 aliphatic carbocycles. The molecule has 0 amide bonds. The summed E-state index contributed by atoms with van der Waals surface area (Å²) in [5.41, 5.74) is 9.14. The van der Waals surface area contributed by atoms with Crippen LogP contribution in [0.15, 0.2) is 48.9 Å². The Bertz CT molecular complexity index is 1100. The summed E-state index contributed by atoms with van der Waals surface area (Å²) in [6.07, 6.45) is 8.23. The van der Waals surface area contributed by atoms with Gasteiger partial charge in [-0.25, -0.2) is 9.97 Å². The van der Waals surface area contributed by atoms with E-state index >= 15 is 0 Å². The van der Waals surface area contributed by atoms with Crippen LogP contribution in [0.4, 0.5) is 5.69 Å². The fourth-order valence-electron chi connectivity index (χ4n) is 4.60. The third-order valence-corrected chi connectivity index (χ3v) is 6.48. The number of benzene rings is 2. The van der Waals surface area contributed by atoms with E-state index in [1.165, 1.54) is 43.2 Å². The molecule has 2 heterocycles. The van der Waals surface area contributed by atoms with Crippen molar-refractivity contribution in [3.63, 3.8) is 0 Å². The summed E-state index contributed by atoms with van der Waals surface area (Å²) in [5, 5.41) is 0. The molecule has 1 aromatic heterocycles. The standard InChI is InChI=1S/C27H31N3O2/c1-19-11-13-23(27(20(19)2)30-15-7-4-8-16-30)26-24(17-28-18-29-26)22-10-6-5-9-21(22)12-14-25(31)32-3/h5-6,9-11,13,17-18H,4,7-8,12,14-16H2,1-3H3. The van der Waals surface area contributed by atoms with Crippen molar-refractivity contribution < 1.29 is 9.53 Å². The van der Waals surface area contributed by atoms with Gasteiger partial charge in [0.1, 0.15) is 6.33 Å². The molecule has 4 rings (SSSR count). The SMILES string of the molecule is COC(=O)CCc1ccccc1-c1cncnc1-c1ccc(C)c(C)c1N1CCCCC1. The summed E-state index contributed by atoms with van der Waals surface area (Å²) >= 11 is 0. The molecule has 5 nitrogen and oxygen atoms in total. The highest BCUT2D eigenvalue weighted by Crippen LogP contribution is 2.40. The normalized spacial score (nSPS) is 13.8. The van der Waals surface area contributed by atoms with Crippen LogP contribution in [0, 0.1) is 13.8 Å². The van der Waals surface area contributed by atoms with Gasteiger partial charge in [0, 0.05) is 42.5 Å². The lowest BCUT2D eigenvalue weighted by Gasteiger charge is -2.33. The van der Waals surface area contributed by atoms with Crippen LogP contribution < -0.4 is 4.90 Å². The topological polar surface area (TPSA) is 55.3 Å². The highest BCUT2D eigenvalue weighted by atomic mass is 16.5. The van der Waals surface area contributed by atoms with E-state index in [2.05, 4.69) is 48.0 Å². The van der Waals surface area contributed by atoms with Crippen molar-refractivity contribution >= 4 is 11.7 Å². The van der Waals surface area contributed by atoms with Crippen LogP contribution in [-0.4, -0.2) is 36.1 Å². The first-order valence-electron chi connectivity index (χ1n) is 11.4. The van der Waals surface area contributed by atoms with Crippen molar-refractivity contribution in [2.45, 2.75) is 46.0 Å². The van der Waals surface area contributed by atoms with Crippen LogP contribution in [0.3, 0.4) is 0 Å². The van der Waals surface area contributed by atoms with Crippen molar-refractivity contribution in [2.24, 2.45) is 0 Å². The Morgan fingerprint density at radius 2 is 1.78 bits per heavy atom. The lowest BCUT2D eigenvalue weighted by molar-refractivity contribution is -0.140. The summed E-state index contributed by atoms with van der Waals surface area (Å²) in [4.78, 5) is 23.4. The first-order chi connectivity index (χ1) is 15.6. The minimum absolute atomic E-state index is 0.203. The minimum Gasteiger partial charge on any atom is -0.469 e. The number of esters is 1. The molecule has 5 heteroatoms. The second-order valence-electron chi connectivity index (χ2n) is 8.47. The van der Waals surface area contributed by atoms with Gasteiger partial charge in [0.2, 0.25) is 0 Å². The average Bonchev–Trinajstić information content (AvgIpc) is 2.85. The Morgan fingerprint density at radius 3 is 2.56 bits per heavy atom. The maximum Gasteiger partial charge on any atom is 0.305 e. The second-order valence-corrected chi connectivity index (χ2v) is 8.47. The number of hydrogen-bond acceptors (Lipinski definition) is 5. The smallest absolute Gasteiger partial charge is 0.305 e. The van der Waals surface area contributed by atoms with Crippen molar-refractivity contribution in [2.75, 3.05) is 25.1 Å². The van der Waals surface area contributed by atoms with Gasteiger partial charge in [-0.2, -0.15) is 0 Å². The number of piperidine rings is 1. The molecule has 32 heavy (non-hydrogen) atoms. The van der Waals surface area contributed by atoms with Crippen LogP contribution >= 0.6 is 0 Å². The van der Waals surface area contributed by atoms with Gasteiger partial charge in [-0.05, 0) is 61.8 Å². The molecule has 1 aliphatic heterocycles. The number of nitrogens with zero attached hydrogens (tertiary/aromatic N) is 3. The lowest BCUT2D eigenvalue weighted by atomic mass is 9.91. The zero-order valence-electron chi connectivity index (χ0n) is 19.2. The number of hydrogen-bond donors (Lipinski definition) is 0. The van der Waals surface area contributed by atoms with E-state index in [-0.39, 0.29) is 5.97 Å². The summed E-state index contributed by atoms with van der Waals surface area (Å²) in [6, 6.07) is 12.6. The number of aromatic nitrogens is 2. The number of carbonyl (C=O) groups is 1. The fourth-order valence-corrected chi connectivity index (χ4v) is 4.60. The number of ether oxygens (including phenoxy) is 1. The number of anilines is 1. The molecule has 0 N–H and O–H groups in total. The Balaban J connectivity index is 1.83. The molecular weight excluding hydrogens is 398 g/mol. The highest BCUT2D eigenvalue weighted by Gasteiger charge is 2.22. The van der Waals surface area contributed by atoms with Gasteiger partial charge in [-0.3, -0.25) is 4.79 Å². The Morgan fingerprint density at radius 1 is 1.00 bits per heavy atom. The Hall–Kier alpha value is -3.21. The molecule has 3 aromatic rings.